The van der Waals surface area contributed by atoms with Crippen LogP contribution in [0, 0.1) is 5.92 Å². The number of morpholine rings is 1. The van der Waals surface area contributed by atoms with Gasteiger partial charge in [0.25, 0.3) is 0 Å². The van der Waals surface area contributed by atoms with E-state index in [2.05, 4.69) is 34.7 Å². The quantitative estimate of drug-likeness (QED) is 0.680. The van der Waals surface area contributed by atoms with Gasteiger partial charge in [-0.25, -0.2) is 4.79 Å². The van der Waals surface area contributed by atoms with Gasteiger partial charge in [-0.2, -0.15) is 0 Å². The molecule has 0 spiro atoms. The van der Waals surface area contributed by atoms with Crippen LogP contribution in [-0.2, 0) is 9.53 Å². The van der Waals surface area contributed by atoms with Crippen molar-refractivity contribution in [2.24, 2.45) is 5.92 Å². The van der Waals surface area contributed by atoms with E-state index < -0.39 is 6.04 Å². The SMILES string of the molecule is CC(C)[C@H](NC(=O)Nc1ccccc1)C(=O)NCC(C)(C)N1CCOCC1. The molecule has 1 aromatic carbocycles. The summed E-state index contributed by atoms with van der Waals surface area (Å²) in [7, 11) is 0. The second-order valence-electron chi connectivity index (χ2n) is 7.82. The minimum Gasteiger partial charge on any atom is -0.379 e. The number of rotatable bonds is 7. The first-order valence-electron chi connectivity index (χ1n) is 9.52. The molecule has 7 heteroatoms. The molecule has 27 heavy (non-hydrogen) atoms. The molecule has 0 radical (unpaired) electrons. The van der Waals surface area contributed by atoms with Gasteiger partial charge in [-0.1, -0.05) is 32.0 Å². The fourth-order valence-corrected chi connectivity index (χ4v) is 3.06. The molecule has 2 rings (SSSR count). The maximum atomic E-state index is 12.7. The summed E-state index contributed by atoms with van der Waals surface area (Å²) >= 11 is 0. The molecule has 1 saturated heterocycles. The molecule has 3 N–H and O–H groups in total. The summed E-state index contributed by atoms with van der Waals surface area (Å²) in [5, 5.41) is 8.55. The first-order chi connectivity index (χ1) is 12.8. The smallest absolute Gasteiger partial charge is 0.319 e. The van der Waals surface area contributed by atoms with E-state index in [0.29, 0.717) is 25.4 Å². The second kappa shape index (κ2) is 9.71. The normalized spacial score (nSPS) is 16.6. The van der Waals surface area contributed by atoms with Gasteiger partial charge in [-0.3, -0.25) is 9.69 Å². The number of ether oxygens (including phenoxy) is 1. The third kappa shape index (κ3) is 6.52. The van der Waals surface area contributed by atoms with Crippen LogP contribution in [0.2, 0.25) is 0 Å². The van der Waals surface area contributed by atoms with Crippen molar-refractivity contribution in [3.8, 4) is 0 Å². The highest BCUT2D eigenvalue weighted by Gasteiger charge is 2.31. The standard InChI is InChI=1S/C20H32N4O3/c1-15(2)17(23-19(26)22-16-8-6-5-7-9-16)18(25)21-14-20(3,4)24-10-12-27-13-11-24/h5-9,15,17H,10-14H2,1-4H3,(H,21,25)(H2,22,23,26)/t17-/m0/s1. The van der Waals surface area contributed by atoms with Gasteiger partial charge in [-0.15, -0.1) is 0 Å². The van der Waals surface area contributed by atoms with Gasteiger partial charge < -0.3 is 20.7 Å². The summed E-state index contributed by atoms with van der Waals surface area (Å²) in [5.41, 5.74) is 0.513. The topological polar surface area (TPSA) is 82.7 Å². The lowest BCUT2D eigenvalue weighted by molar-refractivity contribution is -0.124. The van der Waals surface area contributed by atoms with Crippen molar-refractivity contribution < 1.29 is 14.3 Å². The highest BCUT2D eigenvalue weighted by Crippen LogP contribution is 2.15. The summed E-state index contributed by atoms with van der Waals surface area (Å²) in [5.74, 6) is -0.201. The molecule has 0 aromatic heterocycles. The molecule has 1 atom stereocenters. The Morgan fingerprint density at radius 2 is 1.78 bits per heavy atom. The molecular weight excluding hydrogens is 344 g/mol. The van der Waals surface area contributed by atoms with Crippen molar-refractivity contribution in [2.45, 2.75) is 39.3 Å². The molecule has 0 unspecified atom stereocenters. The number of benzene rings is 1. The van der Waals surface area contributed by atoms with E-state index in [9.17, 15) is 9.59 Å². The predicted molar refractivity (Wildman–Crippen MR) is 107 cm³/mol. The molecule has 1 heterocycles. The van der Waals surface area contributed by atoms with Gasteiger partial charge >= 0.3 is 6.03 Å². The van der Waals surface area contributed by atoms with Crippen LogP contribution in [0.1, 0.15) is 27.7 Å². The van der Waals surface area contributed by atoms with Crippen molar-refractivity contribution in [1.82, 2.24) is 15.5 Å². The molecule has 1 fully saturated rings. The van der Waals surface area contributed by atoms with Crippen LogP contribution in [0.15, 0.2) is 30.3 Å². The molecule has 1 aromatic rings. The molecule has 1 aliphatic heterocycles. The average Bonchev–Trinajstić information content (AvgIpc) is 2.65. The molecule has 0 aliphatic carbocycles. The maximum absolute atomic E-state index is 12.7. The van der Waals surface area contributed by atoms with Crippen molar-refractivity contribution in [1.29, 1.82) is 0 Å². The molecule has 1 aliphatic rings. The number of amides is 3. The highest BCUT2D eigenvalue weighted by molar-refractivity contribution is 5.93. The summed E-state index contributed by atoms with van der Waals surface area (Å²) < 4.78 is 5.40. The number of carbonyl (C=O) groups is 2. The van der Waals surface area contributed by atoms with Gasteiger partial charge in [0, 0.05) is 30.9 Å². The molecule has 7 nitrogen and oxygen atoms in total. The summed E-state index contributed by atoms with van der Waals surface area (Å²) in [6, 6.07) is 8.18. The van der Waals surface area contributed by atoms with E-state index in [-0.39, 0.29) is 23.4 Å². The Kier molecular flexibility index (Phi) is 7.62. The van der Waals surface area contributed by atoms with Crippen LogP contribution in [0.3, 0.4) is 0 Å². The number of urea groups is 1. The summed E-state index contributed by atoms with van der Waals surface area (Å²) in [6.07, 6.45) is 0. The number of hydrogen-bond donors (Lipinski definition) is 3. The second-order valence-corrected chi connectivity index (χ2v) is 7.82. The van der Waals surface area contributed by atoms with Crippen molar-refractivity contribution in [2.75, 3.05) is 38.2 Å². The number of nitrogens with one attached hydrogen (secondary N) is 3. The summed E-state index contributed by atoms with van der Waals surface area (Å²) in [4.78, 5) is 27.3. The Balaban J connectivity index is 1.89. The monoisotopic (exact) mass is 376 g/mol. The van der Waals surface area contributed by atoms with Crippen LogP contribution in [-0.4, -0.2) is 61.3 Å². The van der Waals surface area contributed by atoms with Gasteiger partial charge in [0.1, 0.15) is 6.04 Å². The molecule has 0 saturated carbocycles. The Hall–Kier alpha value is -2.12. The summed E-state index contributed by atoms with van der Waals surface area (Å²) in [6.45, 7) is 11.7. The third-order valence-electron chi connectivity index (χ3n) is 4.83. The average molecular weight is 377 g/mol. The molecule has 3 amide bonds. The van der Waals surface area contributed by atoms with E-state index in [1.54, 1.807) is 12.1 Å². The first kappa shape index (κ1) is 21.2. The fraction of sp³-hybridized carbons (Fsp3) is 0.600. The van der Waals surface area contributed by atoms with Crippen molar-refractivity contribution in [3.05, 3.63) is 30.3 Å². The van der Waals surface area contributed by atoms with Crippen LogP contribution < -0.4 is 16.0 Å². The molecule has 0 bridgehead atoms. The lowest BCUT2D eigenvalue weighted by Gasteiger charge is -2.41. The maximum Gasteiger partial charge on any atom is 0.319 e. The molecular formula is C20H32N4O3. The van der Waals surface area contributed by atoms with Gasteiger partial charge in [0.2, 0.25) is 5.91 Å². The van der Waals surface area contributed by atoms with Crippen LogP contribution in [0.5, 0.6) is 0 Å². The highest BCUT2D eigenvalue weighted by atomic mass is 16.5. The Morgan fingerprint density at radius 1 is 1.15 bits per heavy atom. The lowest BCUT2D eigenvalue weighted by atomic mass is 10.00. The zero-order chi connectivity index (χ0) is 19.9. The van der Waals surface area contributed by atoms with Crippen LogP contribution in [0.25, 0.3) is 0 Å². The van der Waals surface area contributed by atoms with Gasteiger partial charge in [0.05, 0.1) is 13.2 Å². The van der Waals surface area contributed by atoms with E-state index in [1.807, 2.05) is 32.0 Å². The Labute approximate surface area is 161 Å². The third-order valence-corrected chi connectivity index (χ3v) is 4.83. The van der Waals surface area contributed by atoms with Crippen LogP contribution >= 0.6 is 0 Å². The fourth-order valence-electron chi connectivity index (χ4n) is 3.06. The number of para-hydroxylation sites is 1. The minimum atomic E-state index is -0.603. The zero-order valence-electron chi connectivity index (χ0n) is 16.7. The van der Waals surface area contributed by atoms with E-state index in [1.165, 1.54) is 0 Å². The van der Waals surface area contributed by atoms with Gasteiger partial charge in [0.15, 0.2) is 0 Å². The number of hydrogen-bond acceptors (Lipinski definition) is 4. The zero-order valence-corrected chi connectivity index (χ0v) is 16.7. The van der Waals surface area contributed by atoms with Crippen molar-refractivity contribution in [3.63, 3.8) is 0 Å². The molecule has 150 valence electrons. The predicted octanol–water partition coefficient (Wildman–Crippen LogP) is 2.06. The van der Waals surface area contributed by atoms with E-state index in [4.69, 9.17) is 4.74 Å². The largest absolute Gasteiger partial charge is 0.379 e. The lowest BCUT2D eigenvalue weighted by Crippen LogP contribution is -2.58. The van der Waals surface area contributed by atoms with E-state index >= 15 is 0 Å². The number of anilines is 1. The van der Waals surface area contributed by atoms with Crippen molar-refractivity contribution >= 4 is 17.6 Å². The minimum absolute atomic E-state index is 0.0296. The van der Waals surface area contributed by atoms with Crippen LogP contribution in [0.4, 0.5) is 10.5 Å². The van der Waals surface area contributed by atoms with Gasteiger partial charge in [-0.05, 0) is 31.9 Å². The number of carbonyl (C=O) groups excluding carboxylic acids is 2. The Bertz CT molecular complexity index is 613. The number of nitrogens with zero attached hydrogens (tertiary/aromatic N) is 1. The van der Waals surface area contributed by atoms with E-state index in [0.717, 1.165) is 13.1 Å². The Morgan fingerprint density at radius 3 is 2.37 bits per heavy atom. The first-order valence-corrected chi connectivity index (χ1v) is 9.52.